The van der Waals surface area contributed by atoms with Gasteiger partial charge < -0.3 is 10.5 Å². The molecule has 2 atom stereocenters. The van der Waals surface area contributed by atoms with Crippen LogP contribution < -0.4 is 21.3 Å². The van der Waals surface area contributed by atoms with E-state index in [4.69, 9.17) is 10.5 Å². The number of hydrazine groups is 1. The Kier molecular flexibility index (Phi) is 4.84. The highest BCUT2D eigenvalue weighted by atomic mass is 16.5. The van der Waals surface area contributed by atoms with Crippen molar-refractivity contribution < 1.29 is 4.74 Å². The van der Waals surface area contributed by atoms with Gasteiger partial charge in [0.2, 0.25) is 0 Å². The van der Waals surface area contributed by atoms with Gasteiger partial charge in [-0.3, -0.25) is 0 Å². The van der Waals surface area contributed by atoms with Crippen molar-refractivity contribution in [2.24, 2.45) is 5.92 Å². The lowest BCUT2D eigenvalue weighted by Gasteiger charge is -2.13. The summed E-state index contributed by atoms with van der Waals surface area (Å²) >= 11 is 0. The minimum Gasteiger partial charge on any atom is -0.493 e. The van der Waals surface area contributed by atoms with Gasteiger partial charge in [0.25, 0.3) is 0 Å². The summed E-state index contributed by atoms with van der Waals surface area (Å²) in [6, 6.07) is 16.9. The summed E-state index contributed by atoms with van der Waals surface area (Å²) in [5.41, 5.74) is 15.9. The van der Waals surface area contributed by atoms with Gasteiger partial charge in [-0.25, -0.2) is 10.9 Å². The molecule has 0 aliphatic carbocycles. The number of benzene rings is 2. The lowest BCUT2D eigenvalue weighted by Crippen LogP contribution is -2.26. The Morgan fingerprint density at radius 3 is 2.35 bits per heavy atom. The number of nitrogens with one attached hydrogen (secondary N) is 2. The largest absolute Gasteiger partial charge is 0.493 e. The lowest BCUT2D eigenvalue weighted by atomic mass is 9.97. The summed E-state index contributed by atoms with van der Waals surface area (Å²) in [6.45, 7) is 5.05. The summed E-state index contributed by atoms with van der Waals surface area (Å²) in [6.07, 6.45) is 0.983. The quantitative estimate of drug-likeness (QED) is 0.739. The Morgan fingerprint density at radius 1 is 1.04 bits per heavy atom. The second-order valence-corrected chi connectivity index (χ2v) is 6.58. The van der Waals surface area contributed by atoms with E-state index in [1.807, 2.05) is 24.3 Å². The lowest BCUT2D eigenvalue weighted by molar-refractivity contribution is 0.270. The maximum absolute atomic E-state index is 5.88. The minimum absolute atomic E-state index is 0.267. The van der Waals surface area contributed by atoms with Gasteiger partial charge >= 0.3 is 0 Å². The van der Waals surface area contributed by atoms with Crippen molar-refractivity contribution in [1.29, 1.82) is 0 Å². The van der Waals surface area contributed by atoms with E-state index in [9.17, 15) is 0 Å². The predicted molar refractivity (Wildman–Crippen MR) is 94.0 cm³/mol. The van der Waals surface area contributed by atoms with Crippen LogP contribution >= 0.6 is 0 Å². The monoisotopic (exact) mass is 311 g/mol. The number of hydrogen-bond acceptors (Lipinski definition) is 4. The average molecular weight is 311 g/mol. The predicted octanol–water partition coefficient (Wildman–Crippen LogP) is 3.58. The zero-order valence-corrected chi connectivity index (χ0v) is 13.8. The fraction of sp³-hybridized carbons (Fsp3) is 0.368. The van der Waals surface area contributed by atoms with E-state index in [1.54, 1.807) is 0 Å². The van der Waals surface area contributed by atoms with E-state index < -0.39 is 0 Å². The molecule has 2 aromatic rings. The molecular formula is C19H25N3O. The molecule has 0 spiro atoms. The van der Waals surface area contributed by atoms with Gasteiger partial charge in [-0.15, -0.1) is 0 Å². The molecule has 4 nitrogen and oxygen atoms in total. The van der Waals surface area contributed by atoms with Crippen LogP contribution in [0.5, 0.6) is 5.75 Å². The van der Waals surface area contributed by atoms with Crippen molar-refractivity contribution in [3.8, 4) is 5.75 Å². The Labute approximate surface area is 138 Å². The molecule has 2 unspecified atom stereocenters. The van der Waals surface area contributed by atoms with E-state index in [2.05, 4.69) is 49.0 Å². The molecule has 0 amide bonds. The highest BCUT2D eigenvalue weighted by Gasteiger charge is 2.26. The van der Waals surface area contributed by atoms with Crippen molar-refractivity contribution in [2.75, 3.05) is 12.3 Å². The summed E-state index contributed by atoms with van der Waals surface area (Å²) in [4.78, 5) is 0. The van der Waals surface area contributed by atoms with Crippen molar-refractivity contribution in [3.05, 3.63) is 59.7 Å². The molecule has 0 bridgehead atoms. The van der Waals surface area contributed by atoms with Crippen molar-refractivity contribution in [1.82, 2.24) is 10.9 Å². The molecule has 1 saturated heterocycles. The maximum Gasteiger partial charge on any atom is 0.119 e. The molecule has 3 rings (SSSR count). The summed E-state index contributed by atoms with van der Waals surface area (Å²) in [5, 5.41) is 0. The molecular weight excluding hydrogens is 286 g/mol. The van der Waals surface area contributed by atoms with Gasteiger partial charge in [-0.2, -0.15) is 0 Å². The third-order valence-corrected chi connectivity index (χ3v) is 4.06. The first-order valence-corrected chi connectivity index (χ1v) is 8.21. The third-order valence-electron chi connectivity index (χ3n) is 4.06. The van der Waals surface area contributed by atoms with E-state index in [1.165, 1.54) is 11.1 Å². The minimum atomic E-state index is 0.267. The summed E-state index contributed by atoms with van der Waals surface area (Å²) in [7, 11) is 0. The fourth-order valence-electron chi connectivity index (χ4n) is 2.85. The third kappa shape index (κ3) is 4.03. The maximum atomic E-state index is 5.88. The Balaban J connectivity index is 1.68. The first-order chi connectivity index (χ1) is 11.1. The second kappa shape index (κ2) is 7.02. The molecule has 1 heterocycles. The standard InChI is InChI=1S/C19H25N3O/c1-13(2)12-23-17-8-4-6-15(10-17)19-11-18(21-22-19)14-5-3-7-16(20)9-14/h3-10,13,18-19,21-22H,11-12,20H2,1-2H3. The smallest absolute Gasteiger partial charge is 0.119 e. The number of rotatable bonds is 5. The number of ether oxygens (including phenoxy) is 1. The van der Waals surface area contributed by atoms with E-state index in [0.717, 1.165) is 24.5 Å². The molecule has 0 radical (unpaired) electrons. The van der Waals surface area contributed by atoms with Crippen LogP contribution in [0.25, 0.3) is 0 Å². The molecule has 23 heavy (non-hydrogen) atoms. The van der Waals surface area contributed by atoms with Crippen LogP contribution in [-0.4, -0.2) is 6.61 Å². The second-order valence-electron chi connectivity index (χ2n) is 6.58. The van der Waals surface area contributed by atoms with E-state index in [0.29, 0.717) is 5.92 Å². The molecule has 4 heteroatoms. The highest BCUT2D eigenvalue weighted by molar-refractivity contribution is 5.42. The van der Waals surface area contributed by atoms with Crippen LogP contribution in [0.4, 0.5) is 5.69 Å². The first-order valence-electron chi connectivity index (χ1n) is 8.21. The Bertz CT molecular complexity index is 657. The molecule has 1 fully saturated rings. The number of nitrogens with two attached hydrogens (primary N) is 1. The van der Waals surface area contributed by atoms with Crippen molar-refractivity contribution in [3.63, 3.8) is 0 Å². The highest BCUT2D eigenvalue weighted by Crippen LogP contribution is 2.32. The average Bonchev–Trinajstić information content (AvgIpc) is 3.03. The zero-order chi connectivity index (χ0) is 16.2. The number of nitrogen functional groups attached to an aromatic ring is 1. The summed E-state index contributed by atoms with van der Waals surface area (Å²) < 4.78 is 5.83. The van der Waals surface area contributed by atoms with Gasteiger partial charge in [0.15, 0.2) is 0 Å². The molecule has 2 aromatic carbocycles. The number of hydrogen-bond donors (Lipinski definition) is 3. The topological polar surface area (TPSA) is 59.3 Å². The van der Waals surface area contributed by atoms with Crippen LogP contribution in [0.15, 0.2) is 48.5 Å². The molecule has 0 saturated carbocycles. The molecule has 122 valence electrons. The van der Waals surface area contributed by atoms with Gasteiger partial charge in [0.05, 0.1) is 6.61 Å². The Morgan fingerprint density at radius 2 is 1.70 bits per heavy atom. The Hall–Kier alpha value is -2.04. The molecule has 1 aliphatic heterocycles. The van der Waals surface area contributed by atoms with Gasteiger partial charge in [0.1, 0.15) is 5.75 Å². The zero-order valence-electron chi connectivity index (χ0n) is 13.8. The van der Waals surface area contributed by atoms with Crippen LogP contribution in [0.2, 0.25) is 0 Å². The van der Waals surface area contributed by atoms with Crippen LogP contribution in [0, 0.1) is 5.92 Å². The van der Waals surface area contributed by atoms with Crippen molar-refractivity contribution in [2.45, 2.75) is 32.4 Å². The normalized spacial score (nSPS) is 20.8. The number of anilines is 1. The van der Waals surface area contributed by atoms with Gasteiger partial charge in [-0.05, 0) is 47.7 Å². The van der Waals surface area contributed by atoms with E-state index >= 15 is 0 Å². The van der Waals surface area contributed by atoms with Gasteiger partial charge in [0, 0.05) is 17.8 Å². The summed E-state index contributed by atoms with van der Waals surface area (Å²) in [5.74, 6) is 1.46. The molecule has 4 N–H and O–H groups in total. The SMILES string of the molecule is CC(C)COc1cccc(C2CC(c3cccc(N)c3)NN2)c1. The van der Waals surface area contributed by atoms with Crippen LogP contribution in [-0.2, 0) is 0 Å². The molecule has 1 aliphatic rings. The van der Waals surface area contributed by atoms with Crippen molar-refractivity contribution >= 4 is 5.69 Å². The van der Waals surface area contributed by atoms with Crippen LogP contribution in [0.3, 0.4) is 0 Å². The van der Waals surface area contributed by atoms with E-state index in [-0.39, 0.29) is 12.1 Å². The molecule has 0 aromatic heterocycles. The first kappa shape index (κ1) is 15.8. The van der Waals surface area contributed by atoms with Crippen LogP contribution in [0.1, 0.15) is 43.5 Å². The van der Waals surface area contributed by atoms with Gasteiger partial charge in [-0.1, -0.05) is 38.1 Å². The fourth-order valence-corrected chi connectivity index (χ4v) is 2.85.